The van der Waals surface area contributed by atoms with Gasteiger partial charge in [0, 0.05) is 11.5 Å². The number of ether oxygens (including phenoxy) is 1. The number of anilines is 1. The van der Waals surface area contributed by atoms with Gasteiger partial charge < -0.3 is 10.5 Å². The van der Waals surface area contributed by atoms with Gasteiger partial charge in [-0.05, 0) is 37.5 Å². The fraction of sp³-hybridized carbons (Fsp3) is 0.417. The van der Waals surface area contributed by atoms with Crippen molar-refractivity contribution in [1.82, 2.24) is 0 Å². The van der Waals surface area contributed by atoms with Crippen molar-refractivity contribution in [3.05, 3.63) is 21.2 Å². The van der Waals surface area contributed by atoms with Crippen LogP contribution in [0.4, 0.5) is 10.5 Å². The maximum atomic E-state index is 11.3. The Morgan fingerprint density at radius 1 is 1.24 bits per heavy atom. The molecule has 0 unspecified atom stereocenters. The zero-order chi connectivity index (χ0) is 13.3. The van der Waals surface area contributed by atoms with Gasteiger partial charge in [-0.2, -0.15) is 0 Å². The van der Waals surface area contributed by atoms with Crippen molar-refractivity contribution in [3.63, 3.8) is 0 Å². The quantitative estimate of drug-likeness (QED) is 0.913. The molecule has 5 heteroatoms. The van der Waals surface area contributed by atoms with Crippen molar-refractivity contribution < 1.29 is 9.53 Å². The van der Waals surface area contributed by atoms with Crippen LogP contribution in [0.5, 0.6) is 5.75 Å². The molecule has 2 N–H and O–H groups in total. The normalized spacial score (nSPS) is 10.2. The third kappa shape index (κ3) is 2.24. The van der Waals surface area contributed by atoms with Gasteiger partial charge in [-0.1, -0.05) is 15.9 Å². The monoisotopic (exact) mass is 300 g/mol. The fourth-order valence-corrected chi connectivity index (χ4v) is 2.32. The zero-order valence-electron chi connectivity index (χ0n) is 10.7. The maximum Gasteiger partial charge on any atom is 0.319 e. The summed E-state index contributed by atoms with van der Waals surface area (Å²) in [6, 6.07) is -0.512. The lowest BCUT2D eigenvalue weighted by atomic mass is 10.0. The highest BCUT2D eigenvalue weighted by molar-refractivity contribution is 9.10. The topological polar surface area (TPSA) is 55.6 Å². The fourth-order valence-electron chi connectivity index (χ4n) is 1.83. The predicted octanol–water partition coefficient (Wildman–Crippen LogP) is 2.90. The van der Waals surface area contributed by atoms with Crippen LogP contribution in [-0.2, 0) is 0 Å². The number of rotatable bonds is 2. The van der Waals surface area contributed by atoms with Crippen molar-refractivity contribution in [2.24, 2.45) is 5.73 Å². The predicted molar refractivity (Wildman–Crippen MR) is 72.9 cm³/mol. The van der Waals surface area contributed by atoms with E-state index in [1.165, 1.54) is 4.90 Å². The molecule has 2 amide bonds. The third-order valence-corrected chi connectivity index (χ3v) is 4.19. The van der Waals surface area contributed by atoms with Crippen molar-refractivity contribution in [3.8, 4) is 5.75 Å². The molecule has 0 aromatic heterocycles. The van der Waals surface area contributed by atoms with E-state index in [9.17, 15) is 4.79 Å². The second-order valence-corrected chi connectivity index (χ2v) is 4.76. The molecule has 1 rings (SSSR count). The summed E-state index contributed by atoms with van der Waals surface area (Å²) in [5.41, 5.74) is 9.05. The van der Waals surface area contributed by atoms with Crippen molar-refractivity contribution in [2.75, 3.05) is 19.1 Å². The van der Waals surface area contributed by atoms with Gasteiger partial charge in [-0.3, -0.25) is 4.90 Å². The second-order valence-electron chi connectivity index (χ2n) is 3.97. The van der Waals surface area contributed by atoms with E-state index < -0.39 is 6.03 Å². The Morgan fingerprint density at radius 3 is 2.18 bits per heavy atom. The smallest absolute Gasteiger partial charge is 0.319 e. The standard InChI is InChI=1S/C12H17BrN2O2/c1-6-7(2)11(17-5)10(8(3)9(6)13)15(4)12(14)16/h1-5H3,(H2,14,16). The summed E-state index contributed by atoms with van der Waals surface area (Å²) in [5, 5.41) is 0. The van der Waals surface area contributed by atoms with Crippen LogP contribution in [0, 0.1) is 20.8 Å². The number of amides is 2. The first-order valence-electron chi connectivity index (χ1n) is 5.19. The molecule has 17 heavy (non-hydrogen) atoms. The van der Waals surface area contributed by atoms with Gasteiger partial charge in [0.25, 0.3) is 0 Å². The Balaban J connectivity index is 3.63. The molecule has 0 heterocycles. The van der Waals surface area contributed by atoms with Gasteiger partial charge in [0.05, 0.1) is 12.8 Å². The summed E-state index contributed by atoms with van der Waals surface area (Å²) in [4.78, 5) is 12.7. The van der Waals surface area contributed by atoms with Crippen molar-refractivity contribution in [1.29, 1.82) is 0 Å². The van der Waals surface area contributed by atoms with Crippen LogP contribution in [0.25, 0.3) is 0 Å². The van der Waals surface area contributed by atoms with Crippen LogP contribution >= 0.6 is 15.9 Å². The molecule has 4 nitrogen and oxygen atoms in total. The third-order valence-electron chi connectivity index (χ3n) is 3.00. The molecule has 0 saturated heterocycles. The van der Waals surface area contributed by atoms with Gasteiger partial charge in [-0.15, -0.1) is 0 Å². The molecule has 0 bridgehead atoms. The lowest BCUT2D eigenvalue weighted by molar-refractivity contribution is 0.255. The van der Waals surface area contributed by atoms with Crippen LogP contribution in [0.2, 0.25) is 0 Å². The number of carbonyl (C=O) groups excluding carboxylic acids is 1. The van der Waals surface area contributed by atoms with Crippen LogP contribution in [0.1, 0.15) is 16.7 Å². The van der Waals surface area contributed by atoms with E-state index in [1.54, 1.807) is 14.2 Å². The second kappa shape index (κ2) is 4.96. The Bertz CT molecular complexity index is 472. The van der Waals surface area contributed by atoms with Crippen molar-refractivity contribution >= 4 is 27.6 Å². The lowest BCUT2D eigenvalue weighted by Crippen LogP contribution is -2.33. The van der Waals surface area contributed by atoms with Gasteiger partial charge in [-0.25, -0.2) is 4.79 Å². The molecule has 1 aromatic rings. The molecular weight excluding hydrogens is 284 g/mol. The highest BCUT2D eigenvalue weighted by Gasteiger charge is 2.21. The van der Waals surface area contributed by atoms with E-state index in [1.807, 2.05) is 20.8 Å². The number of halogens is 1. The molecule has 0 spiro atoms. The largest absolute Gasteiger partial charge is 0.494 e. The minimum absolute atomic E-state index is 0.512. The summed E-state index contributed by atoms with van der Waals surface area (Å²) in [6.07, 6.45) is 0. The average molecular weight is 301 g/mol. The Morgan fingerprint density at radius 2 is 1.76 bits per heavy atom. The molecule has 1 aromatic carbocycles. The van der Waals surface area contributed by atoms with E-state index in [0.717, 1.165) is 21.2 Å². The molecule has 0 aliphatic heterocycles. The molecule has 94 valence electrons. The number of urea groups is 1. The van der Waals surface area contributed by atoms with Crippen molar-refractivity contribution in [2.45, 2.75) is 20.8 Å². The first-order valence-corrected chi connectivity index (χ1v) is 5.98. The maximum absolute atomic E-state index is 11.3. The number of primary amides is 1. The van der Waals surface area contributed by atoms with E-state index in [0.29, 0.717) is 11.4 Å². The van der Waals surface area contributed by atoms with Crippen LogP contribution < -0.4 is 15.4 Å². The summed E-state index contributed by atoms with van der Waals surface area (Å²) in [6.45, 7) is 5.88. The molecule has 0 radical (unpaired) electrons. The Hall–Kier alpha value is -1.23. The number of methoxy groups -OCH3 is 1. The summed E-state index contributed by atoms with van der Waals surface area (Å²) < 4.78 is 6.36. The minimum Gasteiger partial charge on any atom is -0.494 e. The van der Waals surface area contributed by atoms with Crippen LogP contribution in [0.3, 0.4) is 0 Å². The molecule has 0 atom stereocenters. The number of benzene rings is 1. The Labute approximate surface area is 110 Å². The van der Waals surface area contributed by atoms with Gasteiger partial charge >= 0.3 is 6.03 Å². The van der Waals surface area contributed by atoms with E-state index in [4.69, 9.17) is 10.5 Å². The number of nitrogens with zero attached hydrogens (tertiary/aromatic N) is 1. The van der Waals surface area contributed by atoms with E-state index in [-0.39, 0.29) is 0 Å². The van der Waals surface area contributed by atoms with E-state index in [2.05, 4.69) is 15.9 Å². The Kier molecular flexibility index (Phi) is 4.03. The van der Waals surface area contributed by atoms with Crippen LogP contribution in [-0.4, -0.2) is 20.2 Å². The highest BCUT2D eigenvalue weighted by Crippen LogP contribution is 2.41. The van der Waals surface area contributed by atoms with Gasteiger partial charge in [0.1, 0.15) is 5.75 Å². The number of hydrogen-bond donors (Lipinski definition) is 1. The minimum atomic E-state index is -0.512. The molecule has 0 saturated carbocycles. The van der Waals surface area contributed by atoms with E-state index >= 15 is 0 Å². The summed E-state index contributed by atoms with van der Waals surface area (Å²) >= 11 is 3.53. The molecule has 0 aliphatic rings. The van der Waals surface area contributed by atoms with Gasteiger partial charge in [0.15, 0.2) is 0 Å². The lowest BCUT2D eigenvalue weighted by Gasteiger charge is -2.24. The first kappa shape index (κ1) is 13.8. The molecular formula is C12H17BrN2O2. The van der Waals surface area contributed by atoms with Crippen LogP contribution in [0.15, 0.2) is 4.47 Å². The summed E-state index contributed by atoms with van der Waals surface area (Å²) in [7, 11) is 3.22. The highest BCUT2D eigenvalue weighted by atomic mass is 79.9. The first-order chi connectivity index (χ1) is 7.82. The average Bonchev–Trinajstić information content (AvgIpc) is 2.29. The SMILES string of the molecule is COc1c(C)c(C)c(Br)c(C)c1N(C)C(N)=O. The number of nitrogens with two attached hydrogens (primary N) is 1. The number of hydrogen-bond acceptors (Lipinski definition) is 2. The van der Waals surface area contributed by atoms with Gasteiger partial charge in [0.2, 0.25) is 0 Å². The molecule has 0 fully saturated rings. The molecule has 0 aliphatic carbocycles. The number of carbonyl (C=O) groups is 1. The summed E-state index contributed by atoms with van der Waals surface area (Å²) in [5.74, 6) is 0.685. The zero-order valence-corrected chi connectivity index (χ0v) is 12.3.